The molecular weight excluding hydrogens is 355 g/mol. The van der Waals surface area contributed by atoms with Crippen LogP contribution >= 0.6 is 0 Å². The third kappa shape index (κ3) is 4.54. The Balaban J connectivity index is 1.63. The van der Waals surface area contributed by atoms with Crippen LogP contribution in [0.15, 0.2) is 30.5 Å². The molecule has 0 spiro atoms. The Kier molecular flexibility index (Phi) is 5.90. The topological polar surface area (TPSA) is 82.7 Å². The largest absolute Gasteiger partial charge is 0.497 e. The number of hydrogen-bond donors (Lipinski definition) is 0. The predicted octanol–water partition coefficient (Wildman–Crippen LogP) is 2.86. The maximum Gasteiger partial charge on any atom is 0.331 e. The summed E-state index contributed by atoms with van der Waals surface area (Å²) in [5, 5.41) is 15.2. The fourth-order valence-corrected chi connectivity index (χ4v) is 3.30. The van der Waals surface area contributed by atoms with Crippen molar-refractivity contribution in [1.29, 1.82) is 0 Å². The minimum Gasteiger partial charge on any atom is -0.497 e. The van der Waals surface area contributed by atoms with Crippen LogP contribution in [0.3, 0.4) is 0 Å². The van der Waals surface area contributed by atoms with E-state index >= 15 is 0 Å². The van der Waals surface area contributed by atoms with Crippen molar-refractivity contribution in [2.45, 2.75) is 31.7 Å². The summed E-state index contributed by atoms with van der Waals surface area (Å²) in [5.74, 6) is 1.10. The molecule has 1 saturated heterocycles. The van der Waals surface area contributed by atoms with Gasteiger partial charge in [0.1, 0.15) is 18.1 Å². The Labute approximate surface area is 156 Å². The SMILES string of the molecule is COc1ccc(CO[C@H]2CCN(c3c([N+](=O)[O-])cnn3C)C[C@H](F)C2)cc1. The highest BCUT2D eigenvalue weighted by molar-refractivity contribution is 5.57. The molecule has 3 rings (SSSR count). The molecule has 0 aliphatic carbocycles. The minimum absolute atomic E-state index is 0.0861. The van der Waals surface area contributed by atoms with Crippen LogP contribution in [0.1, 0.15) is 18.4 Å². The van der Waals surface area contributed by atoms with Crippen molar-refractivity contribution in [2.75, 3.05) is 25.1 Å². The Morgan fingerprint density at radius 1 is 1.37 bits per heavy atom. The quantitative estimate of drug-likeness (QED) is 0.568. The van der Waals surface area contributed by atoms with Crippen LogP contribution in [0.4, 0.5) is 15.9 Å². The molecule has 0 unspecified atom stereocenters. The van der Waals surface area contributed by atoms with Gasteiger partial charge in [0.05, 0.1) is 31.3 Å². The molecule has 27 heavy (non-hydrogen) atoms. The van der Waals surface area contributed by atoms with Gasteiger partial charge in [0.25, 0.3) is 0 Å². The van der Waals surface area contributed by atoms with Crippen LogP contribution in [-0.2, 0) is 18.4 Å². The van der Waals surface area contributed by atoms with E-state index in [1.54, 1.807) is 19.1 Å². The van der Waals surface area contributed by atoms with E-state index in [0.29, 0.717) is 25.4 Å². The molecule has 1 aliphatic rings. The van der Waals surface area contributed by atoms with Crippen LogP contribution in [0.2, 0.25) is 0 Å². The molecule has 146 valence electrons. The number of methoxy groups -OCH3 is 1. The molecule has 2 aromatic rings. The molecule has 1 aromatic carbocycles. The van der Waals surface area contributed by atoms with Crippen molar-refractivity contribution < 1.29 is 18.8 Å². The monoisotopic (exact) mass is 378 g/mol. The van der Waals surface area contributed by atoms with E-state index < -0.39 is 11.1 Å². The lowest BCUT2D eigenvalue weighted by atomic mass is 10.1. The molecule has 9 heteroatoms. The maximum atomic E-state index is 14.5. The summed E-state index contributed by atoms with van der Waals surface area (Å²) in [6, 6.07) is 7.53. The average Bonchev–Trinajstić information content (AvgIpc) is 2.94. The van der Waals surface area contributed by atoms with Crippen LogP contribution < -0.4 is 9.64 Å². The van der Waals surface area contributed by atoms with Gasteiger partial charge in [-0.25, -0.2) is 9.07 Å². The highest BCUT2D eigenvalue weighted by atomic mass is 19.1. The number of nitrogens with zero attached hydrogens (tertiary/aromatic N) is 4. The van der Waals surface area contributed by atoms with E-state index in [4.69, 9.17) is 9.47 Å². The van der Waals surface area contributed by atoms with Gasteiger partial charge in [0, 0.05) is 20.0 Å². The van der Waals surface area contributed by atoms with Gasteiger partial charge in [-0.1, -0.05) is 12.1 Å². The van der Waals surface area contributed by atoms with E-state index in [0.717, 1.165) is 11.3 Å². The summed E-state index contributed by atoms with van der Waals surface area (Å²) in [6.07, 6.45) is 0.657. The summed E-state index contributed by atoms with van der Waals surface area (Å²) < 4.78 is 26.9. The van der Waals surface area contributed by atoms with Crippen molar-refractivity contribution in [3.63, 3.8) is 0 Å². The van der Waals surface area contributed by atoms with Gasteiger partial charge in [-0.2, -0.15) is 5.10 Å². The summed E-state index contributed by atoms with van der Waals surface area (Å²) in [7, 11) is 3.23. The van der Waals surface area contributed by atoms with Gasteiger partial charge < -0.3 is 14.4 Å². The fraction of sp³-hybridized carbons (Fsp3) is 0.500. The lowest BCUT2D eigenvalue weighted by Crippen LogP contribution is -2.31. The average molecular weight is 378 g/mol. The molecule has 0 bridgehead atoms. The van der Waals surface area contributed by atoms with Gasteiger partial charge in [-0.15, -0.1) is 0 Å². The minimum atomic E-state index is -1.14. The second-order valence-electron chi connectivity index (χ2n) is 6.58. The van der Waals surface area contributed by atoms with Gasteiger partial charge in [-0.05, 0) is 24.1 Å². The van der Waals surface area contributed by atoms with Gasteiger partial charge in [0.2, 0.25) is 5.82 Å². The number of aryl methyl sites for hydroxylation is 1. The molecule has 0 amide bonds. The molecule has 0 radical (unpaired) electrons. The standard InChI is InChI=1S/C18H23FN4O4/c1-21-18(17(10-20-21)23(24)25)22-8-7-16(9-14(19)11-22)27-12-13-3-5-15(26-2)6-4-13/h3-6,10,14,16H,7-9,11-12H2,1-2H3/t14-,16+/m1/s1. The normalized spacial score (nSPS) is 20.3. The number of alkyl halides is 1. The van der Waals surface area contributed by atoms with Crippen molar-refractivity contribution in [2.24, 2.45) is 7.05 Å². The lowest BCUT2D eigenvalue weighted by Gasteiger charge is -2.22. The molecular formula is C18H23FN4O4. The number of rotatable bonds is 6. The number of ether oxygens (including phenoxy) is 2. The smallest absolute Gasteiger partial charge is 0.331 e. The number of halogens is 1. The first-order valence-electron chi connectivity index (χ1n) is 8.78. The van der Waals surface area contributed by atoms with Gasteiger partial charge in [0.15, 0.2) is 0 Å². The Bertz CT molecular complexity index is 780. The van der Waals surface area contributed by atoms with E-state index in [1.807, 2.05) is 24.3 Å². The number of anilines is 1. The first-order chi connectivity index (χ1) is 13.0. The second-order valence-corrected chi connectivity index (χ2v) is 6.58. The highest BCUT2D eigenvalue weighted by Crippen LogP contribution is 2.30. The first kappa shape index (κ1) is 19.1. The molecule has 8 nitrogen and oxygen atoms in total. The summed E-state index contributed by atoms with van der Waals surface area (Å²) in [5.41, 5.74) is 0.872. The Morgan fingerprint density at radius 2 is 2.11 bits per heavy atom. The van der Waals surface area contributed by atoms with Crippen LogP contribution in [0.25, 0.3) is 0 Å². The summed E-state index contributed by atoms with van der Waals surface area (Å²) >= 11 is 0. The number of benzene rings is 1. The molecule has 1 aromatic heterocycles. The number of hydrogen-bond acceptors (Lipinski definition) is 6. The molecule has 1 aliphatic heterocycles. The zero-order valence-electron chi connectivity index (χ0n) is 15.4. The predicted molar refractivity (Wildman–Crippen MR) is 97.8 cm³/mol. The Hall–Kier alpha value is -2.68. The van der Waals surface area contributed by atoms with E-state index in [1.165, 1.54) is 10.9 Å². The van der Waals surface area contributed by atoms with Crippen molar-refractivity contribution >= 4 is 11.5 Å². The number of nitro groups is 1. The molecule has 2 atom stereocenters. The summed E-state index contributed by atoms with van der Waals surface area (Å²) in [6.45, 7) is 0.935. The fourth-order valence-electron chi connectivity index (χ4n) is 3.30. The van der Waals surface area contributed by atoms with Crippen LogP contribution in [0.5, 0.6) is 5.75 Å². The molecule has 0 N–H and O–H groups in total. The van der Waals surface area contributed by atoms with E-state index in [-0.39, 0.29) is 24.8 Å². The van der Waals surface area contributed by atoms with Crippen molar-refractivity contribution in [1.82, 2.24) is 9.78 Å². The van der Waals surface area contributed by atoms with Crippen LogP contribution in [0, 0.1) is 10.1 Å². The molecule has 0 saturated carbocycles. The third-order valence-corrected chi connectivity index (χ3v) is 4.69. The first-order valence-corrected chi connectivity index (χ1v) is 8.78. The third-order valence-electron chi connectivity index (χ3n) is 4.69. The lowest BCUT2D eigenvalue weighted by molar-refractivity contribution is -0.384. The zero-order chi connectivity index (χ0) is 19.4. The number of aromatic nitrogens is 2. The molecule has 1 fully saturated rings. The van der Waals surface area contributed by atoms with Crippen molar-refractivity contribution in [3.05, 3.63) is 46.1 Å². The second kappa shape index (κ2) is 8.34. The van der Waals surface area contributed by atoms with Crippen LogP contribution in [-0.4, -0.2) is 47.2 Å². The van der Waals surface area contributed by atoms with Crippen molar-refractivity contribution in [3.8, 4) is 5.75 Å². The maximum absolute atomic E-state index is 14.5. The zero-order valence-corrected chi connectivity index (χ0v) is 15.4. The molecule has 2 heterocycles. The highest BCUT2D eigenvalue weighted by Gasteiger charge is 2.31. The Morgan fingerprint density at radius 3 is 2.78 bits per heavy atom. The van der Waals surface area contributed by atoms with Gasteiger partial charge in [-0.3, -0.25) is 10.1 Å². The summed E-state index contributed by atoms with van der Waals surface area (Å²) in [4.78, 5) is 12.4. The van der Waals surface area contributed by atoms with Gasteiger partial charge >= 0.3 is 5.69 Å². The van der Waals surface area contributed by atoms with E-state index in [2.05, 4.69) is 5.10 Å². The van der Waals surface area contributed by atoms with E-state index in [9.17, 15) is 14.5 Å².